The summed E-state index contributed by atoms with van der Waals surface area (Å²) in [7, 11) is 0. The molecule has 0 atom stereocenters. The molecule has 1 aliphatic rings. The maximum Gasteiger partial charge on any atom is 0.266 e. The van der Waals surface area contributed by atoms with Gasteiger partial charge in [0.1, 0.15) is 6.20 Å². The van der Waals surface area contributed by atoms with E-state index >= 15 is 0 Å². The van der Waals surface area contributed by atoms with Gasteiger partial charge in [0, 0.05) is 10.6 Å². The van der Waals surface area contributed by atoms with Gasteiger partial charge >= 0.3 is 0 Å². The summed E-state index contributed by atoms with van der Waals surface area (Å²) in [5.41, 5.74) is 2.61. The maximum atomic E-state index is 12.6. The number of rotatable bonds is 4. The van der Waals surface area contributed by atoms with E-state index in [0.717, 1.165) is 36.5 Å². The Kier molecular flexibility index (Phi) is 6.56. The first-order valence-corrected chi connectivity index (χ1v) is 9.78. The number of nitrogens with one attached hydrogen (secondary N) is 1. The molecule has 4 rings (SSSR count). The van der Waals surface area contributed by atoms with Crippen molar-refractivity contribution >= 4 is 46.4 Å². The van der Waals surface area contributed by atoms with E-state index in [9.17, 15) is 4.79 Å². The Morgan fingerprint density at radius 1 is 1.07 bits per heavy atom. The minimum Gasteiger partial charge on any atom is -1.00 e. The van der Waals surface area contributed by atoms with E-state index in [1.54, 1.807) is 18.2 Å². The van der Waals surface area contributed by atoms with Crippen molar-refractivity contribution in [1.29, 1.82) is 0 Å². The largest absolute Gasteiger partial charge is 1.00 e. The molecule has 0 fully saturated rings. The quantitative estimate of drug-likeness (QED) is 0.599. The zero-order chi connectivity index (χ0) is 19.0. The Morgan fingerprint density at radius 2 is 1.75 bits per heavy atom. The molecule has 8 heteroatoms. The number of anilines is 1. The third kappa shape index (κ3) is 4.15. The summed E-state index contributed by atoms with van der Waals surface area (Å²) in [4.78, 5) is 12.6. The lowest BCUT2D eigenvalue weighted by molar-refractivity contribution is -0.690. The van der Waals surface area contributed by atoms with Gasteiger partial charge in [-0.1, -0.05) is 40.9 Å². The molecule has 0 unspecified atom stereocenters. The number of halogens is 4. The molecule has 1 aliphatic heterocycles. The molecule has 2 heterocycles. The third-order valence-corrected chi connectivity index (χ3v) is 5.56. The summed E-state index contributed by atoms with van der Waals surface area (Å²) in [6, 6.07) is 12.9. The molecule has 0 saturated heterocycles. The van der Waals surface area contributed by atoms with Gasteiger partial charge in [0.05, 0.1) is 28.7 Å². The lowest BCUT2D eigenvalue weighted by Crippen LogP contribution is -3.00. The molecule has 0 spiro atoms. The minimum absolute atomic E-state index is 0. The Labute approximate surface area is 184 Å². The van der Waals surface area contributed by atoms with Gasteiger partial charge in [0.2, 0.25) is 0 Å². The normalized spacial score (nSPS) is 12.4. The van der Waals surface area contributed by atoms with E-state index in [0.29, 0.717) is 20.8 Å². The van der Waals surface area contributed by atoms with Crippen molar-refractivity contribution < 1.29 is 21.8 Å². The number of amides is 1. The lowest BCUT2D eigenvalue weighted by Gasteiger charge is -2.08. The molecule has 4 nitrogen and oxygen atoms in total. The van der Waals surface area contributed by atoms with Gasteiger partial charge < -0.3 is 17.7 Å². The number of carbonyl (C=O) groups excluding carboxylic acids is 1. The number of benzene rings is 2. The highest BCUT2D eigenvalue weighted by Crippen LogP contribution is 2.30. The zero-order valence-electron chi connectivity index (χ0n) is 14.8. The standard InChI is InChI=1S/C20H16Cl3N3O.ClH/c21-14-8-6-13(7-9-14)17-11-25(19-5-2-10-26(17)19)12-18(27)24-20-15(22)3-1-4-16(20)23;/h1,3-4,6-9,11H,2,5,10,12H2;1H. The van der Waals surface area contributed by atoms with Crippen molar-refractivity contribution in [3.8, 4) is 11.3 Å². The number of hydrogen-bond acceptors (Lipinski definition) is 1. The van der Waals surface area contributed by atoms with Crippen LogP contribution >= 0.6 is 34.8 Å². The summed E-state index contributed by atoms with van der Waals surface area (Å²) in [6.07, 6.45) is 4.02. The number of imidazole rings is 1. The molecule has 0 radical (unpaired) electrons. The van der Waals surface area contributed by atoms with E-state index in [-0.39, 0.29) is 24.9 Å². The minimum atomic E-state index is -0.169. The van der Waals surface area contributed by atoms with Crippen LogP contribution in [-0.2, 0) is 24.3 Å². The second-order valence-corrected chi connectivity index (χ2v) is 7.72. The van der Waals surface area contributed by atoms with Gasteiger partial charge in [-0.2, -0.15) is 0 Å². The molecule has 3 aromatic rings. The van der Waals surface area contributed by atoms with Crippen LogP contribution in [0.1, 0.15) is 12.2 Å². The average molecular weight is 457 g/mol. The molecule has 146 valence electrons. The predicted octanol–water partition coefficient (Wildman–Crippen LogP) is 1.99. The van der Waals surface area contributed by atoms with Crippen molar-refractivity contribution in [3.05, 3.63) is 69.6 Å². The monoisotopic (exact) mass is 455 g/mol. The van der Waals surface area contributed by atoms with Crippen LogP contribution in [0, 0.1) is 0 Å². The molecule has 2 aromatic carbocycles. The summed E-state index contributed by atoms with van der Waals surface area (Å²) < 4.78 is 4.26. The van der Waals surface area contributed by atoms with E-state index in [2.05, 4.69) is 9.88 Å². The van der Waals surface area contributed by atoms with Crippen LogP contribution in [-0.4, -0.2) is 10.5 Å². The van der Waals surface area contributed by atoms with Crippen LogP contribution in [0.2, 0.25) is 15.1 Å². The average Bonchev–Trinajstić information content (AvgIpc) is 3.23. The SMILES string of the molecule is O=C(C[n+]1cc(-c2ccc(Cl)cc2)n2c1CCC2)Nc1c(Cl)cccc1Cl.[Cl-]. The fraction of sp³-hybridized carbons (Fsp3) is 0.200. The van der Waals surface area contributed by atoms with Crippen molar-refractivity contribution in [3.63, 3.8) is 0 Å². The van der Waals surface area contributed by atoms with Crippen LogP contribution in [0.4, 0.5) is 5.69 Å². The van der Waals surface area contributed by atoms with Crippen LogP contribution in [0.5, 0.6) is 0 Å². The Hall–Kier alpha value is -1.72. The number of fused-ring (bicyclic) bond motifs is 1. The van der Waals surface area contributed by atoms with E-state index in [1.807, 2.05) is 35.0 Å². The Morgan fingerprint density at radius 3 is 2.43 bits per heavy atom. The van der Waals surface area contributed by atoms with Gasteiger partial charge in [0.25, 0.3) is 11.7 Å². The van der Waals surface area contributed by atoms with E-state index in [1.165, 1.54) is 0 Å². The molecular formula is C20H17Cl4N3O. The molecule has 0 aliphatic carbocycles. The van der Waals surface area contributed by atoms with Crippen molar-refractivity contribution in [1.82, 2.24) is 4.57 Å². The topological polar surface area (TPSA) is 37.9 Å². The van der Waals surface area contributed by atoms with E-state index in [4.69, 9.17) is 34.8 Å². The van der Waals surface area contributed by atoms with Gasteiger partial charge in [-0.15, -0.1) is 0 Å². The molecule has 1 amide bonds. The van der Waals surface area contributed by atoms with Crippen LogP contribution in [0.25, 0.3) is 11.3 Å². The smallest absolute Gasteiger partial charge is 0.266 e. The first-order chi connectivity index (χ1) is 13.0. The number of carbonyl (C=O) groups is 1. The summed E-state index contributed by atoms with van der Waals surface area (Å²) in [5.74, 6) is 0.971. The summed E-state index contributed by atoms with van der Waals surface area (Å²) in [6.45, 7) is 1.14. The highest BCUT2D eigenvalue weighted by Gasteiger charge is 2.29. The first kappa shape index (κ1) is 21.0. The number of hydrogen-bond donors (Lipinski definition) is 1. The second kappa shape index (κ2) is 8.75. The Balaban J connectivity index is 0.00000225. The van der Waals surface area contributed by atoms with Crippen molar-refractivity contribution in [2.75, 3.05) is 5.32 Å². The van der Waals surface area contributed by atoms with E-state index < -0.39 is 0 Å². The van der Waals surface area contributed by atoms with Crippen LogP contribution in [0.15, 0.2) is 48.7 Å². The third-order valence-electron chi connectivity index (χ3n) is 4.68. The fourth-order valence-electron chi connectivity index (χ4n) is 3.45. The predicted molar refractivity (Wildman–Crippen MR) is 108 cm³/mol. The maximum absolute atomic E-state index is 12.6. The number of nitrogens with zero attached hydrogens (tertiary/aromatic N) is 2. The van der Waals surface area contributed by atoms with Gasteiger partial charge in [-0.25, -0.2) is 9.13 Å². The van der Waals surface area contributed by atoms with Gasteiger partial charge in [-0.05, 0) is 42.8 Å². The lowest BCUT2D eigenvalue weighted by atomic mass is 10.2. The number of para-hydroxylation sites is 1. The first-order valence-electron chi connectivity index (χ1n) is 8.64. The molecule has 0 bridgehead atoms. The fourth-order valence-corrected chi connectivity index (χ4v) is 4.07. The molecule has 1 N–H and O–H groups in total. The van der Waals surface area contributed by atoms with Crippen LogP contribution < -0.4 is 22.3 Å². The molecule has 0 saturated carbocycles. The van der Waals surface area contributed by atoms with Gasteiger partial charge in [-0.3, -0.25) is 4.79 Å². The van der Waals surface area contributed by atoms with Crippen molar-refractivity contribution in [2.24, 2.45) is 0 Å². The summed E-state index contributed by atoms with van der Waals surface area (Å²) >= 11 is 18.3. The van der Waals surface area contributed by atoms with Crippen molar-refractivity contribution in [2.45, 2.75) is 25.9 Å². The zero-order valence-corrected chi connectivity index (χ0v) is 17.8. The number of aromatic nitrogens is 2. The second-order valence-electron chi connectivity index (χ2n) is 6.47. The molecule has 1 aromatic heterocycles. The highest BCUT2D eigenvalue weighted by molar-refractivity contribution is 6.39. The highest BCUT2D eigenvalue weighted by atomic mass is 35.5. The molecule has 28 heavy (non-hydrogen) atoms. The van der Waals surface area contributed by atoms with Crippen LogP contribution in [0.3, 0.4) is 0 Å². The molecular weight excluding hydrogens is 440 g/mol. The Bertz CT molecular complexity index is 995. The van der Waals surface area contributed by atoms with Gasteiger partial charge in [0.15, 0.2) is 12.2 Å². The summed E-state index contributed by atoms with van der Waals surface area (Å²) in [5, 5.41) is 4.37.